The average molecular weight is 695 g/mol. The first-order valence-corrected chi connectivity index (χ1v) is 18.4. The predicted molar refractivity (Wildman–Crippen MR) is 177 cm³/mol. The summed E-state index contributed by atoms with van der Waals surface area (Å²) in [6, 6.07) is 6.72. The summed E-state index contributed by atoms with van der Waals surface area (Å²) in [6.45, 7) is 5.73. The average Bonchev–Trinajstić information content (AvgIpc) is 3.78. The molecule has 0 unspecified atom stereocenters. The molecule has 3 saturated heterocycles. The van der Waals surface area contributed by atoms with Crippen LogP contribution in [0.2, 0.25) is 0 Å². The van der Waals surface area contributed by atoms with Crippen molar-refractivity contribution in [2.75, 3.05) is 59.8 Å². The van der Waals surface area contributed by atoms with Crippen molar-refractivity contribution in [3.63, 3.8) is 0 Å². The van der Waals surface area contributed by atoms with E-state index < -0.39 is 33.9 Å². The maximum Gasteiger partial charge on any atom is 0.340 e. The lowest BCUT2D eigenvalue weighted by atomic mass is 9.42. The van der Waals surface area contributed by atoms with Crippen LogP contribution in [0, 0.1) is 40.4 Å². The van der Waals surface area contributed by atoms with Crippen molar-refractivity contribution in [3.8, 4) is 0 Å². The second-order valence-electron chi connectivity index (χ2n) is 16.3. The Morgan fingerprint density at radius 1 is 1.04 bits per heavy atom. The lowest BCUT2D eigenvalue weighted by molar-refractivity contribution is -0.286. The van der Waals surface area contributed by atoms with E-state index in [1.54, 1.807) is 45.4 Å². The number of likely N-dealkylation sites (tertiary alicyclic amines) is 1. The molecule has 12 heteroatoms. The van der Waals surface area contributed by atoms with E-state index in [1.807, 2.05) is 14.2 Å². The SMILES string of the molecule is CCN1C[C@]2(COC(=O)c3ccccc3N3C(=O)C[C@@H](C)C3=O)CC[C@H](OC)[C@@]34[C@@H]5C[C@H]6[C@H](OC)[C@@H]5[C@@]5(C[C@@H]6OC)OCO[C@]5([C@@H](OC)[C@H]23)[C@@H]14. The second-order valence-corrected chi connectivity index (χ2v) is 16.3. The monoisotopic (exact) mass is 694 g/mol. The van der Waals surface area contributed by atoms with Crippen molar-refractivity contribution in [2.24, 2.45) is 40.4 Å². The summed E-state index contributed by atoms with van der Waals surface area (Å²) in [6.07, 6.45) is 2.77. The van der Waals surface area contributed by atoms with Crippen LogP contribution in [0.1, 0.15) is 56.3 Å². The highest BCUT2D eigenvalue weighted by Gasteiger charge is 2.94. The van der Waals surface area contributed by atoms with Crippen LogP contribution in [0.5, 0.6) is 0 Å². The number of amides is 2. The number of rotatable bonds is 9. The summed E-state index contributed by atoms with van der Waals surface area (Å²) in [5.74, 6) is -1.22. The Bertz CT molecular complexity index is 1610. The van der Waals surface area contributed by atoms with Crippen LogP contribution in [-0.2, 0) is 42.7 Å². The number of fused-ring (bicyclic) bond motifs is 1. The van der Waals surface area contributed by atoms with Crippen LogP contribution >= 0.6 is 0 Å². The van der Waals surface area contributed by atoms with Crippen molar-refractivity contribution in [1.82, 2.24) is 4.90 Å². The molecular formula is C38H50N2O10. The van der Waals surface area contributed by atoms with Gasteiger partial charge in [0.15, 0.2) is 0 Å². The molecule has 0 aromatic heterocycles. The van der Waals surface area contributed by atoms with Gasteiger partial charge >= 0.3 is 5.97 Å². The van der Waals surface area contributed by atoms with E-state index in [0.717, 1.165) is 30.7 Å². The summed E-state index contributed by atoms with van der Waals surface area (Å²) < 4.78 is 46.5. The molecule has 1 aromatic carbocycles. The molecule has 14 atom stereocenters. The van der Waals surface area contributed by atoms with E-state index in [-0.39, 0.29) is 97.0 Å². The molecule has 50 heavy (non-hydrogen) atoms. The van der Waals surface area contributed by atoms with Crippen molar-refractivity contribution in [3.05, 3.63) is 29.8 Å². The van der Waals surface area contributed by atoms with E-state index in [9.17, 15) is 14.4 Å². The number of anilines is 1. The van der Waals surface area contributed by atoms with Crippen LogP contribution in [-0.4, -0.2) is 119 Å². The summed E-state index contributed by atoms with van der Waals surface area (Å²) in [5, 5.41) is 0. The molecule has 5 aliphatic carbocycles. The summed E-state index contributed by atoms with van der Waals surface area (Å²) in [7, 11) is 7.24. The van der Waals surface area contributed by atoms with Gasteiger partial charge in [-0.25, -0.2) is 9.69 Å². The first-order chi connectivity index (χ1) is 24.1. The Hall–Kier alpha value is -2.45. The van der Waals surface area contributed by atoms with Crippen LogP contribution in [0.4, 0.5) is 5.69 Å². The molecule has 8 fully saturated rings. The summed E-state index contributed by atoms with van der Waals surface area (Å²) in [4.78, 5) is 43.8. The topological polar surface area (TPSA) is 122 Å². The van der Waals surface area contributed by atoms with Crippen LogP contribution in [0.15, 0.2) is 24.3 Å². The van der Waals surface area contributed by atoms with Gasteiger partial charge in [0.05, 0.1) is 48.3 Å². The number of likely N-dealkylation sites (N-methyl/N-ethyl adjacent to an activating group) is 1. The highest BCUT2D eigenvalue weighted by molar-refractivity contribution is 6.22. The fourth-order valence-corrected chi connectivity index (χ4v) is 13.9. The lowest BCUT2D eigenvalue weighted by Gasteiger charge is -2.70. The van der Waals surface area contributed by atoms with E-state index in [2.05, 4.69) is 11.8 Å². The Kier molecular flexibility index (Phi) is 7.53. The normalized spacial score (nSPS) is 48.3. The number of ether oxygens (including phenoxy) is 7. The maximum absolute atomic E-state index is 14.2. The minimum absolute atomic E-state index is 0.0457. The second kappa shape index (κ2) is 11.3. The van der Waals surface area contributed by atoms with E-state index in [0.29, 0.717) is 13.0 Å². The van der Waals surface area contributed by atoms with Gasteiger partial charge in [-0.2, -0.15) is 0 Å². The molecule has 8 aliphatic rings. The fourth-order valence-electron chi connectivity index (χ4n) is 13.9. The number of carbonyl (C=O) groups excluding carboxylic acids is 3. The molecule has 7 bridgehead atoms. The zero-order valence-corrected chi connectivity index (χ0v) is 29.9. The number of para-hydroxylation sites is 1. The highest BCUT2D eigenvalue weighted by Crippen LogP contribution is 2.82. The third-order valence-corrected chi connectivity index (χ3v) is 15.1. The van der Waals surface area contributed by atoms with Gasteiger partial charge in [0.1, 0.15) is 18.0 Å². The molecule has 0 radical (unpaired) electrons. The molecule has 272 valence electrons. The number of piperidine rings is 1. The van der Waals surface area contributed by atoms with Gasteiger partial charge in [-0.05, 0) is 43.9 Å². The zero-order chi connectivity index (χ0) is 35.0. The van der Waals surface area contributed by atoms with Gasteiger partial charge in [-0.15, -0.1) is 0 Å². The van der Waals surface area contributed by atoms with E-state index in [4.69, 9.17) is 33.2 Å². The maximum atomic E-state index is 14.2. The number of benzene rings is 1. The number of hydrogen-bond acceptors (Lipinski definition) is 11. The molecule has 9 rings (SSSR count). The Morgan fingerprint density at radius 3 is 2.52 bits per heavy atom. The smallest absolute Gasteiger partial charge is 0.340 e. The van der Waals surface area contributed by atoms with Gasteiger partial charge in [-0.3, -0.25) is 14.5 Å². The third kappa shape index (κ3) is 3.64. The molecule has 12 nitrogen and oxygen atoms in total. The molecule has 5 saturated carbocycles. The Morgan fingerprint density at radius 2 is 1.84 bits per heavy atom. The number of imide groups is 1. The fraction of sp³-hybridized carbons (Fsp3) is 0.763. The van der Waals surface area contributed by atoms with Crippen molar-refractivity contribution < 1.29 is 47.5 Å². The van der Waals surface area contributed by atoms with Crippen LogP contribution < -0.4 is 4.90 Å². The number of carbonyl (C=O) groups is 3. The summed E-state index contributed by atoms with van der Waals surface area (Å²) >= 11 is 0. The first-order valence-electron chi connectivity index (χ1n) is 18.4. The Balaban J connectivity index is 1.16. The van der Waals surface area contributed by atoms with Gasteiger partial charge in [-0.1, -0.05) is 26.0 Å². The van der Waals surface area contributed by atoms with Gasteiger partial charge in [0.25, 0.3) is 0 Å². The standard InChI is InChI=1S/C38H50N2O10/c1-7-39-17-35(18-48-33(43)21-10-8-9-11-24(21)40-27(41)14-20(2)32(40)42)13-12-26(45-4)37-23-15-22-25(44-3)16-36(28(23)29(22)46-5)38(34(37)39,50-19-49-36)31(47-6)30(35)37/h8-11,20,22-23,25-26,28-31,34H,7,12-19H2,1-6H3/t20-,22-,23-,25+,26+,28-,29+,30-,31+,34+,35+,36-,37+,38-/m1/s1. The van der Waals surface area contributed by atoms with Crippen molar-refractivity contribution >= 4 is 23.5 Å². The van der Waals surface area contributed by atoms with E-state index >= 15 is 0 Å². The lowest BCUT2D eigenvalue weighted by Crippen LogP contribution is -2.81. The van der Waals surface area contributed by atoms with Gasteiger partial charge < -0.3 is 33.2 Å². The number of hydrogen-bond donors (Lipinski definition) is 0. The Labute approximate surface area is 293 Å². The number of nitrogens with zero attached hydrogens (tertiary/aromatic N) is 2. The van der Waals surface area contributed by atoms with E-state index in [1.165, 1.54) is 0 Å². The third-order valence-electron chi connectivity index (χ3n) is 15.1. The largest absolute Gasteiger partial charge is 0.461 e. The molecule has 3 aliphatic heterocycles. The van der Waals surface area contributed by atoms with Gasteiger partial charge in [0.2, 0.25) is 11.8 Å². The van der Waals surface area contributed by atoms with Crippen molar-refractivity contribution in [2.45, 2.75) is 87.6 Å². The van der Waals surface area contributed by atoms with Gasteiger partial charge in [0, 0.05) is 82.3 Å². The minimum Gasteiger partial charge on any atom is -0.461 e. The molecule has 3 heterocycles. The quantitative estimate of drug-likeness (QED) is 0.280. The van der Waals surface area contributed by atoms with Crippen LogP contribution in [0.25, 0.3) is 0 Å². The zero-order valence-electron chi connectivity index (χ0n) is 29.9. The summed E-state index contributed by atoms with van der Waals surface area (Å²) in [5.41, 5.74) is -1.91. The number of methoxy groups -OCH3 is 4. The highest BCUT2D eigenvalue weighted by atomic mass is 16.7. The number of esters is 1. The predicted octanol–water partition coefficient (Wildman–Crippen LogP) is 3.05. The molecule has 2 amide bonds. The van der Waals surface area contributed by atoms with Crippen LogP contribution in [0.3, 0.4) is 0 Å². The molecule has 1 aromatic rings. The molecule has 0 N–H and O–H groups in total. The molecule has 3 spiro atoms. The minimum atomic E-state index is -0.820. The first kappa shape index (κ1) is 33.4. The van der Waals surface area contributed by atoms with Crippen molar-refractivity contribution in [1.29, 1.82) is 0 Å². The molecular weight excluding hydrogens is 644 g/mol.